The zero-order chi connectivity index (χ0) is 13.0. The van der Waals surface area contributed by atoms with E-state index in [-0.39, 0.29) is 5.75 Å². The molecule has 0 aliphatic heterocycles. The second-order valence-corrected chi connectivity index (χ2v) is 4.15. The van der Waals surface area contributed by atoms with Crippen LogP contribution in [0.1, 0.15) is 0 Å². The molecule has 94 valence electrons. The molecule has 0 aliphatic rings. The molecule has 2 rings (SSSR count). The van der Waals surface area contributed by atoms with Crippen LogP contribution in [0.3, 0.4) is 0 Å². The fraction of sp³-hybridized carbons (Fsp3) is 0. The van der Waals surface area contributed by atoms with E-state index in [2.05, 4.69) is 5.32 Å². The number of para-hydroxylation sites is 1. The first kappa shape index (κ1) is 12.4. The van der Waals surface area contributed by atoms with E-state index >= 15 is 0 Å². The van der Waals surface area contributed by atoms with Crippen molar-refractivity contribution in [2.24, 2.45) is 0 Å². The molecule has 0 saturated heterocycles. The van der Waals surface area contributed by atoms with Crippen molar-refractivity contribution < 1.29 is 12.9 Å². The van der Waals surface area contributed by atoms with Crippen LogP contribution >= 0.6 is 0 Å². The third-order valence-electron chi connectivity index (χ3n) is 2.22. The molecule has 0 bridgehead atoms. The van der Waals surface area contributed by atoms with Gasteiger partial charge in [0.05, 0.1) is 5.69 Å². The van der Waals surface area contributed by atoms with Crippen LogP contribution in [0.5, 0.6) is 5.75 Å². The largest absolute Gasteiger partial charge is 0.399 e. The van der Waals surface area contributed by atoms with Crippen molar-refractivity contribution in [3.05, 3.63) is 48.5 Å². The summed E-state index contributed by atoms with van der Waals surface area (Å²) in [5, 5.41) is 3.08. The molecule has 0 fully saturated rings. The van der Waals surface area contributed by atoms with Crippen molar-refractivity contribution in [3.63, 3.8) is 0 Å². The SMILES string of the molecule is Nc1ccc(Nc2ccccc2)c(OS(=O)O)c1. The average molecular weight is 264 g/mol. The Kier molecular flexibility index (Phi) is 3.81. The summed E-state index contributed by atoms with van der Waals surface area (Å²) < 4.78 is 24.3. The van der Waals surface area contributed by atoms with Crippen molar-refractivity contribution in [2.45, 2.75) is 0 Å². The minimum atomic E-state index is -2.39. The van der Waals surface area contributed by atoms with E-state index < -0.39 is 11.4 Å². The van der Waals surface area contributed by atoms with Crippen molar-refractivity contribution in [1.29, 1.82) is 0 Å². The van der Waals surface area contributed by atoms with Gasteiger partial charge < -0.3 is 15.2 Å². The van der Waals surface area contributed by atoms with Gasteiger partial charge in [-0.25, -0.2) is 0 Å². The van der Waals surface area contributed by atoms with Gasteiger partial charge in [-0.1, -0.05) is 18.2 Å². The monoisotopic (exact) mass is 264 g/mol. The Morgan fingerprint density at radius 1 is 1.17 bits per heavy atom. The first-order valence-electron chi connectivity index (χ1n) is 5.16. The predicted molar refractivity (Wildman–Crippen MR) is 72.0 cm³/mol. The molecule has 0 spiro atoms. The summed E-state index contributed by atoms with van der Waals surface area (Å²) in [6.45, 7) is 0. The Morgan fingerprint density at radius 2 is 1.89 bits per heavy atom. The van der Waals surface area contributed by atoms with E-state index in [1.165, 1.54) is 6.07 Å². The normalized spacial score (nSPS) is 11.8. The minimum absolute atomic E-state index is 0.222. The van der Waals surface area contributed by atoms with Gasteiger partial charge in [0.15, 0.2) is 5.75 Å². The lowest BCUT2D eigenvalue weighted by Crippen LogP contribution is -2.02. The maximum atomic E-state index is 10.7. The van der Waals surface area contributed by atoms with E-state index in [9.17, 15) is 4.21 Å². The first-order valence-corrected chi connectivity index (χ1v) is 6.19. The van der Waals surface area contributed by atoms with E-state index in [1.807, 2.05) is 30.3 Å². The molecule has 4 N–H and O–H groups in total. The van der Waals surface area contributed by atoms with E-state index in [1.54, 1.807) is 12.1 Å². The Labute approximate surface area is 107 Å². The molecular weight excluding hydrogens is 252 g/mol. The van der Waals surface area contributed by atoms with Gasteiger partial charge in [-0.15, -0.1) is 0 Å². The van der Waals surface area contributed by atoms with Crippen LogP contribution < -0.4 is 15.2 Å². The van der Waals surface area contributed by atoms with E-state index in [0.29, 0.717) is 11.4 Å². The Morgan fingerprint density at radius 3 is 2.56 bits per heavy atom. The molecule has 1 unspecified atom stereocenters. The summed E-state index contributed by atoms with van der Waals surface area (Å²) in [6.07, 6.45) is 0. The highest BCUT2D eigenvalue weighted by atomic mass is 32.2. The molecule has 18 heavy (non-hydrogen) atoms. The zero-order valence-corrected chi connectivity index (χ0v) is 10.2. The van der Waals surface area contributed by atoms with Crippen molar-refractivity contribution in [3.8, 4) is 5.75 Å². The third-order valence-corrected chi connectivity index (χ3v) is 2.54. The van der Waals surface area contributed by atoms with Crippen LogP contribution in [0, 0.1) is 0 Å². The Hall–Kier alpha value is -2.05. The molecule has 0 radical (unpaired) electrons. The molecule has 0 amide bonds. The number of benzene rings is 2. The molecule has 5 nitrogen and oxygen atoms in total. The van der Waals surface area contributed by atoms with Crippen LogP contribution in [-0.2, 0) is 11.4 Å². The van der Waals surface area contributed by atoms with Gasteiger partial charge in [-0.05, 0) is 24.3 Å². The van der Waals surface area contributed by atoms with Crippen LogP contribution in [-0.4, -0.2) is 8.76 Å². The van der Waals surface area contributed by atoms with Crippen molar-refractivity contribution >= 4 is 28.4 Å². The second kappa shape index (κ2) is 5.52. The summed E-state index contributed by atoms with van der Waals surface area (Å²) in [5.41, 5.74) is 7.47. The maximum absolute atomic E-state index is 10.7. The summed E-state index contributed by atoms with van der Waals surface area (Å²) >= 11 is -2.39. The van der Waals surface area contributed by atoms with Gasteiger partial charge in [-0.3, -0.25) is 4.55 Å². The predicted octanol–water partition coefficient (Wildman–Crippen LogP) is 2.53. The summed E-state index contributed by atoms with van der Waals surface area (Å²) in [6, 6.07) is 14.2. The van der Waals surface area contributed by atoms with Crippen LogP contribution in [0.2, 0.25) is 0 Å². The Bertz CT molecular complexity index is 561. The summed E-state index contributed by atoms with van der Waals surface area (Å²) in [5.74, 6) is 0.222. The second-order valence-electron chi connectivity index (χ2n) is 3.55. The zero-order valence-electron chi connectivity index (χ0n) is 9.37. The topological polar surface area (TPSA) is 84.6 Å². The fourth-order valence-electron chi connectivity index (χ4n) is 1.46. The number of nitrogens with two attached hydrogens (primary N) is 1. The lowest BCUT2D eigenvalue weighted by molar-refractivity contribution is 0.459. The summed E-state index contributed by atoms with van der Waals surface area (Å²) in [4.78, 5) is 0. The van der Waals surface area contributed by atoms with Gasteiger partial charge in [0.2, 0.25) is 0 Å². The summed E-state index contributed by atoms with van der Waals surface area (Å²) in [7, 11) is 0. The van der Waals surface area contributed by atoms with Crippen molar-refractivity contribution in [1.82, 2.24) is 0 Å². The standard InChI is InChI=1S/C12H12N2O3S/c13-9-6-7-11(12(8-9)17-18(15)16)14-10-4-2-1-3-5-10/h1-8,14H,13H2,(H,15,16). The highest BCUT2D eigenvalue weighted by molar-refractivity contribution is 7.74. The maximum Gasteiger partial charge on any atom is 0.357 e. The molecule has 2 aromatic carbocycles. The molecule has 0 aliphatic carbocycles. The molecule has 1 atom stereocenters. The molecule has 0 aromatic heterocycles. The number of rotatable bonds is 4. The van der Waals surface area contributed by atoms with Crippen LogP contribution in [0.15, 0.2) is 48.5 Å². The fourth-order valence-corrected chi connectivity index (χ4v) is 1.76. The molecule has 0 heterocycles. The van der Waals surface area contributed by atoms with E-state index in [4.69, 9.17) is 14.5 Å². The number of anilines is 3. The lowest BCUT2D eigenvalue weighted by atomic mass is 10.2. The van der Waals surface area contributed by atoms with Crippen LogP contribution in [0.4, 0.5) is 17.1 Å². The van der Waals surface area contributed by atoms with Crippen molar-refractivity contribution in [2.75, 3.05) is 11.1 Å². The number of nitrogen functional groups attached to an aromatic ring is 1. The molecule has 2 aromatic rings. The number of nitrogens with one attached hydrogen (secondary N) is 1. The molecule has 6 heteroatoms. The minimum Gasteiger partial charge on any atom is -0.399 e. The van der Waals surface area contributed by atoms with Gasteiger partial charge >= 0.3 is 11.4 Å². The lowest BCUT2D eigenvalue weighted by Gasteiger charge is -2.11. The first-order chi connectivity index (χ1) is 8.65. The van der Waals surface area contributed by atoms with Gasteiger partial charge in [-0.2, -0.15) is 4.21 Å². The highest BCUT2D eigenvalue weighted by Crippen LogP contribution is 2.30. The van der Waals surface area contributed by atoms with E-state index in [0.717, 1.165) is 5.69 Å². The molecular formula is C12H12N2O3S. The van der Waals surface area contributed by atoms with Crippen LogP contribution in [0.25, 0.3) is 0 Å². The Balaban J connectivity index is 2.29. The van der Waals surface area contributed by atoms with Gasteiger partial charge in [0, 0.05) is 17.4 Å². The van der Waals surface area contributed by atoms with Gasteiger partial charge in [0.25, 0.3) is 0 Å². The van der Waals surface area contributed by atoms with Gasteiger partial charge in [0.1, 0.15) is 0 Å². The quantitative estimate of drug-likeness (QED) is 0.583. The highest BCUT2D eigenvalue weighted by Gasteiger charge is 2.07. The molecule has 0 saturated carbocycles. The third kappa shape index (κ3) is 3.22. The number of hydrogen-bond acceptors (Lipinski definition) is 4. The number of hydrogen-bond donors (Lipinski definition) is 3. The smallest absolute Gasteiger partial charge is 0.357 e. The average Bonchev–Trinajstić information content (AvgIpc) is 2.33.